The SMILES string of the molecule is COCN1Cc2cc(S(=O)(=O)CC3(C#N)CC3)ccc2C1C(=O)Nc1ccc(C(O)(C(F)(F)F)C(F)(F)F)cc1. The number of benzene rings is 2. The number of nitrogens with zero attached hydrogens (tertiary/aromatic N) is 2. The Hall–Kier alpha value is -3.19. The first-order chi connectivity index (χ1) is 18.5. The van der Waals surface area contributed by atoms with Gasteiger partial charge >= 0.3 is 12.4 Å². The van der Waals surface area contributed by atoms with Gasteiger partial charge in [0.15, 0.2) is 9.84 Å². The predicted octanol–water partition coefficient (Wildman–Crippen LogP) is 4.18. The Morgan fingerprint density at radius 3 is 2.23 bits per heavy atom. The number of anilines is 1. The van der Waals surface area contributed by atoms with Crippen molar-refractivity contribution in [3.63, 3.8) is 0 Å². The van der Waals surface area contributed by atoms with E-state index in [-0.39, 0.29) is 29.6 Å². The van der Waals surface area contributed by atoms with Crippen LogP contribution >= 0.6 is 0 Å². The Morgan fingerprint density at radius 1 is 1.12 bits per heavy atom. The van der Waals surface area contributed by atoms with Crippen LogP contribution in [0.1, 0.15) is 35.6 Å². The lowest BCUT2D eigenvalue weighted by Gasteiger charge is -2.32. The summed E-state index contributed by atoms with van der Waals surface area (Å²) in [5, 5.41) is 21.2. The molecule has 0 saturated heterocycles. The van der Waals surface area contributed by atoms with Crippen molar-refractivity contribution in [3.8, 4) is 6.07 Å². The summed E-state index contributed by atoms with van der Waals surface area (Å²) in [4.78, 5) is 14.7. The molecule has 1 fully saturated rings. The van der Waals surface area contributed by atoms with Gasteiger partial charge in [0, 0.05) is 24.9 Å². The highest BCUT2D eigenvalue weighted by Crippen LogP contribution is 2.50. The number of hydrogen-bond donors (Lipinski definition) is 2. The number of carbonyl (C=O) groups excluding carboxylic acids is 1. The van der Waals surface area contributed by atoms with Crippen LogP contribution in [0, 0.1) is 16.7 Å². The molecule has 2 aromatic carbocycles. The van der Waals surface area contributed by atoms with Crippen molar-refractivity contribution < 1.29 is 49.4 Å². The van der Waals surface area contributed by atoms with Crippen molar-refractivity contribution in [1.82, 2.24) is 4.90 Å². The topological polar surface area (TPSA) is 120 Å². The van der Waals surface area contributed by atoms with E-state index in [9.17, 15) is 49.9 Å². The average Bonchev–Trinajstić information content (AvgIpc) is 3.52. The van der Waals surface area contributed by atoms with E-state index in [2.05, 4.69) is 5.32 Å². The first-order valence-electron chi connectivity index (χ1n) is 11.7. The minimum Gasteiger partial charge on any atom is -0.369 e. The summed E-state index contributed by atoms with van der Waals surface area (Å²) in [5.41, 5.74) is -6.70. The van der Waals surface area contributed by atoms with Gasteiger partial charge in [0.1, 0.15) is 6.04 Å². The van der Waals surface area contributed by atoms with Crippen molar-refractivity contribution in [2.75, 3.05) is 24.9 Å². The van der Waals surface area contributed by atoms with E-state index in [1.54, 1.807) is 4.90 Å². The van der Waals surface area contributed by atoms with Gasteiger partial charge in [-0.2, -0.15) is 31.6 Å². The van der Waals surface area contributed by atoms with E-state index >= 15 is 0 Å². The third kappa shape index (κ3) is 5.28. The molecule has 0 aromatic heterocycles. The quantitative estimate of drug-likeness (QED) is 0.442. The largest absolute Gasteiger partial charge is 0.430 e. The number of rotatable bonds is 8. The Kier molecular flexibility index (Phi) is 7.46. The first-order valence-corrected chi connectivity index (χ1v) is 13.4. The molecule has 4 rings (SSSR count). The lowest BCUT2D eigenvalue weighted by Crippen LogP contribution is -2.53. The normalized spacial score (nSPS) is 19.1. The third-order valence-electron chi connectivity index (χ3n) is 7.00. The second-order valence-corrected chi connectivity index (χ2v) is 11.8. The summed E-state index contributed by atoms with van der Waals surface area (Å²) in [6, 6.07) is 7.62. The zero-order chi connectivity index (χ0) is 29.7. The Labute approximate surface area is 225 Å². The zero-order valence-corrected chi connectivity index (χ0v) is 21.6. The zero-order valence-electron chi connectivity index (χ0n) is 20.8. The Bertz CT molecular complexity index is 1430. The molecule has 40 heavy (non-hydrogen) atoms. The molecule has 1 aliphatic heterocycles. The number of nitriles is 1. The van der Waals surface area contributed by atoms with Gasteiger partial charge < -0.3 is 15.2 Å². The predicted molar refractivity (Wildman–Crippen MR) is 127 cm³/mol. The van der Waals surface area contributed by atoms with Gasteiger partial charge in [-0.1, -0.05) is 18.2 Å². The Morgan fingerprint density at radius 2 is 1.73 bits per heavy atom. The fourth-order valence-corrected chi connectivity index (χ4v) is 6.50. The molecule has 1 aliphatic carbocycles. The van der Waals surface area contributed by atoms with Gasteiger partial charge in [-0.05, 0) is 48.2 Å². The van der Waals surface area contributed by atoms with Gasteiger partial charge in [-0.15, -0.1) is 0 Å². The molecule has 1 saturated carbocycles. The second-order valence-electron chi connectivity index (χ2n) is 9.85. The van der Waals surface area contributed by atoms with E-state index in [4.69, 9.17) is 4.74 Å². The van der Waals surface area contributed by atoms with Crippen LogP contribution in [-0.2, 0) is 31.5 Å². The highest BCUT2D eigenvalue weighted by Gasteiger charge is 2.71. The van der Waals surface area contributed by atoms with Crippen molar-refractivity contribution >= 4 is 21.4 Å². The van der Waals surface area contributed by atoms with Crippen LogP contribution in [0.3, 0.4) is 0 Å². The maximum atomic E-state index is 13.2. The summed E-state index contributed by atoms with van der Waals surface area (Å²) in [5.74, 6) is -1.03. The van der Waals surface area contributed by atoms with Crippen LogP contribution in [0.25, 0.3) is 0 Å². The van der Waals surface area contributed by atoms with E-state index in [1.807, 2.05) is 6.07 Å². The molecule has 1 atom stereocenters. The highest BCUT2D eigenvalue weighted by atomic mass is 32.2. The summed E-state index contributed by atoms with van der Waals surface area (Å²) in [7, 11) is -2.43. The molecule has 1 amide bonds. The monoisotopic (exact) mass is 591 g/mol. The van der Waals surface area contributed by atoms with E-state index in [0.717, 1.165) is 12.1 Å². The lowest BCUT2D eigenvalue weighted by molar-refractivity contribution is -0.376. The smallest absolute Gasteiger partial charge is 0.369 e. The Balaban J connectivity index is 1.58. The second kappa shape index (κ2) is 10.0. The van der Waals surface area contributed by atoms with Crippen LogP contribution in [0.2, 0.25) is 0 Å². The van der Waals surface area contributed by atoms with Crippen molar-refractivity contribution in [3.05, 3.63) is 59.2 Å². The summed E-state index contributed by atoms with van der Waals surface area (Å²) in [6.45, 7) is 0.0483. The number of hydrogen-bond acceptors (Lipinski definition) is 7. The molecular weight excluding hydrogens is 568 g/mol. The number of halogens is 6. The van der Waals surface area contributed by atoms with Crippen molar-refractivity contribution in [2.45, 2.75) is 48.3 Å². The molecule has 0 bridgehead atoms. The minimum absolute atomic E-state index is 0.0106. The summed E-state index contributed by atoms with van der Waals surface area (Å²) in [6.07, 6.45) is -11.1. The molecule has 8 nitrogen and oxygen atoms in total. The van der Waals surface area contributed by atoms with Crippen LogP contribution in [0.15, 0.2) is 47.4 Å². The number of sulfone groups is 1. The van der Waals surface area contributed by atoms with E-state index < -0.39 is 50.7 Å². The molecule has 2 aromatic rings. The number of ether oxygens (including phenoxy) is 1. The maximum absolute atomic E-state index is 13.2. The molecule has 2 N–H and O–H groups in total. The molecule has 1 heterocycles. The number of alkyl halides is 6. The maximum Gasteiger partial charge on any atom is 0.430 e. The van der Waals surface area contributed by atoms with Crippen molar-refractivity contribution in [1.29, 1.82) is 5.26 Å². The molecule has 2 aliphatic rings. The van der Waals surface area contributed by atoms with E-state index in [1.165, 1.54) is 25.3 Å². The number of aliphatic hydroxyl groups is 1. The van der Waals surface area contributed by atoms with Gasteiger partial charge in [-0.3, -0.25) is 9.69 Å². The van der Waals surface area contributed by atoms with Gasteiger partial charge in [0.25, 0.3) is 5.60 Å². The summed E-state index contributed by atoms with van der Waals surface area (Å²) < 4.78 is 110. The number of nitrogens with one attached hydrogen (secondary N) is 1. The molecule has 0 radical (unpaired) electrons. The van der Waals surface area contributed by atoms with Gasteiger partial charge in [0.05, 0.1) is 28.9 Å². The number of amides is 1. The third-order valence-corrected chi connectivity index (χ3v) is 8.90. The summed E-state index contributed by atoms with van der Waals surface area (Å²) >= 11 is 0. The average molecular weight is 592 g/mol. The number of fused-ring (bicyclic) bond motifs is 1. The first kappa shape index (κ1) is 29.8. The number of carbonyl (C=O) groups is 1. The van der Waals surface area contributed by atoms with E-state index in [0.29, 0.717) is 36.1 Å². The fraction of sp³-hybridized carbons (Fsp3) is 0.440. The van der Waals surface area contributed by atoms with Crippen LogP contribution < -0.4 is 5.32 Å². The standard InChI is InChI=1S/C25H23F6N3O5S/c1-39-14-34-11-15-10-18(40(37,38)13-22(12-32)8-9-22)6-7-19(15)20(34)21(35)33-17-4-2-16(3-5-17)23(36,24(26,27)28)25(29,30)31/h2-7,10,20,36H,8-9,11,13-14H2,1H3,(H,33,35). The van der Waals surface area contributed by atoms with Crippen LogP contribution in [0.4, 0.5) is 32.0 Å². The minimum atomic E-state index is -6.05. The van der Waals surface area contributed by atoms with Gasteiger partial charge in [0.2, 0.25) is 5.91 Å². The van der Waals surface area contributed by atoms with Crippen LogP contribution in [0.5, 0.6) is 0 Å². The highest BCUT2D eigenvalue weighted by molar-refractivity contribution is 7.91. The molecule has 0 spiro atoms. The van der Waals surface area contributed by atoms with Crippen LogP contribution in [-0.4, -0.2) is 56.3 Å². The van der Waals surface area contributed by atoms with Crippen molar-refractivity contribution in [2.24, 2.45) is 5.41 Å². The number of methoxy groups -OCH3 is 1. The van der Waals surface area contributed by atoms with Gasteiger partial charge in [-0.25, -0.2) is 8.42 Å². The molecular formula is C25H23F6N3O5S. The molecule has 15 heteroatoms. The fourth-order valence-electron chi connectivity index (χ4n) is 4.66. The molecule has 1 unspecified atom stereocenters. The lowest BCUT2D eigenvalue weighted by atomic mass is 9.92. The molecule has 216 valence electrons.